The Hall–Kier alpha value is -3.14. The molecule has 0 radical (unpaired) electrons. The van der Waals surface area contributed by atoms with Gasteiger partial charge in [0.15, 0.2) is 17.3 Å². The van der Waals surface area contributed by atoms with E-state index in [-0.39, 0.29) is 0 Å². The summed E-state index contributed by atoms with van der Waals surface area (Å²) in [6.07, 6.45) is 3.16. The first-order chi connectivity index (χ1) is 13.2. The van der Waals surface area contributed by atoms with Crippen LogP contribution in [0.25, 0.3) is 11.5 Å². The number of hydrogen-bond acceptors (Lipinski definition) is 5. The van der Waals surface area contributed by atoms with Gasteiger partial charge in [-0.05, 0) is 36.4 Å². The van der Waals surface area contributed by atoms with E-state index in [1.807, 2.05) is 16.7 Å². The fourth-order valence-electron chi connectivity index (χ4n) is 2.71. The van der Waals surface area contributed by atoms with Crippen molar-refractivity contribution in [3.63, 3.8) is 0 Å². The van der Waals surface area contributed by atoms with Gasteiger partial charge in [-0.3, -0.25) is 0 Å². The fourth-order valence-corrected chi connectivity index (χ4v) is 3.22. The lowest BCUT2D eigenvalue weighted by atomic mass is 10.2. The minimum Gasteiger partial charge on any atom is -0.338 e. The Morgan fingerprint density at radius 1 is 1.00 bits per heavy atom. The van der Waals surface area contributed by atoms with E-state index in [1.54, 1.807) is 36.7 Å². The van der Waals surface area contributed by atoms with Crippen molar-refractivity contribution in [2.75, 3.05) is 5.32 Å². The zero-order chi connectivity index (χ0) is 18.8. The van der Waals surface area contributed by atoms with E-state index < -0.39 is 0 Å². The van der Waals surface area contributed by atoms with Crippen LogP contribution in [-0.4, -0.2) is 19.5 Å². The Morgan fingerprint density at radius 3 is 2.44 bits per heavy atom. The minimum absolute atomic E-state index is 0.428. The molecule has 0 amide bonds. The summed E-state index contributed by atoms with van der Waals surface area (Å²) in [5, 5.41) is 13.3. The number of rotatable bonds is 4. The molecule has 2 heterocycles. The molecule has 0 fully saturated rings. The normalized spacial score (nSPS) is 10.7. The fraction of sp³-hybridized carbons (Fsp3) is 0.0526. The Morgan fingerprint density at radius 2 is 1.74 bits per heavy atom. The Kier molecular flexibility index (Phi) is 4.63. The summed E-state index contributed by atoms with van der Waals surface area (Å²) in [7, 11) is 0. The number of fused-ring (bicyclic) bond motifs is 1. The van der Waals surface area contributed by atoms with Gasteiger partial charge in [0, 0.05) is 21.3 Å². The Labute approximate surface area is 165 Å². The van der Waals surface area contributed by atoms with E-state index in [0.717, 1.165) is 11.3 Å². The molecule has 2 aliphatic heterocycles. The van der Waals surface area contributed by atoms with Gasteiger partial charge in [0.1, 0.15) is 6.33 Å². The molecule has 0 spiro atoms. The van der Waals surface area contributed by atoms with Crippen molar-refractivity contribution in [1.29, 1.82) is 5.26 Å². The number of halogens is 2. The summed E-state index contributed by atoms with van der Waals surface area (Å²) in [4.78, 5) is 13.1. The third-order valence-corrected chi connectivity index (χ3v) is 4.78. The number of imidazole rings is 1. The molecule has 2 aliphatic rings. The number of anilines is 2. The van der Waals surface area contributed by atoms with Crippen LogP contribution in [0.2, 0.25) is 10.0 Å². The molecule has 1 N–H and O–H groups in total. The van der Waals surface area contributed by atoms with Crippen molar-refractivity contribution in [3.05, 3.63) is 76.3 Å². The summed E-state index contributed by atoms with van der Waals surface area (Å²) in [6, 6.07) is 14.6. The van der Waals surface area contributed by atoms with Crippen LogP contribution in [0.3, 0.4) is 0 Å². The van der Waals surface area contributed by atoms with E-state index in [1.165, 1.54) is 6.33 Å². The highest BCUT2D eigenvalue weighted by molar-refractivity contribution is 6.36. The summed E-state index contributed by atoms with van der Waals surface area (Å²) in [5.41, 5.74) is 2.82. The van der Waals surface area contributed by atoms with E-state index in [4.69, 9.17) is 28.5 Å². The number of hydrogen-bond donors (Lipinski definition) is 1. The van der Waals surface area contributed by atoms with Gasteiger partial charge in [0.2, 0.25) is 0 Å². The SMILES string of the molecule is N#Cc1ccc(Nc2ncn(Cc3c(Cl)cccc3Cl)c3ncnc2-3)cc1. The van der Waals surface area contributed by atoms with Crippen molar-refractivity contribution < 1.29 is 0 Å². The molecular weight excluding hydrogens is 383 g/mol. The molecule has 132 valence electrons. The molecule has 0 saturated carbocycles. The smallest absolute Gasteiger partial charge is 0.165 e. The van der Waals surface area contributed by atoms with Crippen molar-refractivity contribution in [3.8, 4) is 17.6 Å². The van der Waals surface area contributed by atoms with Gasteiger partial charge in [-0.25, -0.2) is 15.0 Å². The zero-order valence-corrected chi connectivity index (χ0v) is 15.4. The van der Waals surface area contributed by atoms with Gasteiger partial charge >= 0.3 is 0 Å². The Bertz CT molecular complexity index is 1090. The first-order valence-corrected chi connectivity index (χ1v) is 8.77. The number of nitrogens with zero attached hydrogens (tertiary/aromatic N) is 5. The number of nitrogens with one attached hydrogen (secondary N) is 1. The predicted octanol–water partition coefficient (Wildman–Crippen LogP) is 4.75. The summed E-state index contributed by atoms with van der Waals surface area (Å²) >= 11 is 12.6. The lowest BCUT2D eigenvalue weighted by molar-refractivity contribution is 0.762. The van der Waals surface area contributed by atoms with Crippen molar-refractivity contribution in [1.82, 2.24) is 19.5 Å². The molecule has 0 atom stereocenters. The van der Waals surface area contributed by atoms with E-state index in [9.17, 15) is 0 Å². The molecular formula is C19H12Cl2N6. The largest absolute Gasteiger partial charge is 0.338 e. The average Bonchev–Trinajstić information content (AvgIpc) is 3.17. The van der Waals surface area contributed by atoms with E-state index in [0.29, 0.717) is 39.5 Å². The van der Waals surface area contributed by atoms with Gasteiger partial charge < -0.3 is 9.88 Å². The zero-order valence-electron chi connectivity index (χ0n) is 13.9. The molecule has 27 heavy (non-hydrogen) atoms. The summed E-state index contributed by atoms with van der Waals surface area (Å²) < 4.78 is 1.85. The second-order valence-corrected chi connectivity index (χ2v) is 6.60. The third-order valence-electron chi connectivity index (χ3n) is 4.07. The van der Waals surface area contributed by atoms with Crippen LogP contribution in [0, 0.1) is 11.3 Å². The van der Waals surface area contributed by atoms with Gasteiger partial charge in [-0.15, -0.1) is 0 Å². The maximum Gasteiger partial charge on any atom is 0.165 e. The van der Waals surface area contributed by atoms with Crippen LogP contribution in [0.1, 0.15) is 11.1 Å². The second kappa shape index (κ2) is 7.23. The second-order valence-electron chi connectivity index (χ2n) is 5.78. The van der Waals surface area contributed by atoms with Gasteiger partial charge in [0.25, 0.3) is 0 Å². The molecule has 0 bridgehead atoms. The van der Waals surface area contributed by atoms with E-state index in [2.05, 4.69) is 26.3 Å². The highest BCUT2D eigenvalue weighted by Crippen LogP contribution is 2.30. The minimum atomic E-state index is 0.428. The van der Waals surface area contributed by atoms with Crippen LogP contribution in [0.5, 0.6) is 0 Å². The molecule has 2 aromatic carbocycles. The molecule has 0 unspecified atom stereocenters. The van der Waals surface area contributed by atoms with Crippen LogP contribution in [0.15, 0.2) is 55.1 Å². The molecule has 8 heteroatoms. The lowest BCUT2D eigenvalue weighted by Crippen LogP contribution is -2.10. The maximum atomic E-state index is 8.90. The standard InChI is InChI=1S/C19H12Cl2N6/c20-15-2-1-3-16(21)14(15)9-27-11-25-18(17-19(27)24-10-23-17)26-13-6-4-12(8-22)5-7-13/h1-7,10-11,26H,9H2. The maximum absolute atomic E-state index is 8.90. The monoisotopic (exact) mass is 394 g/mol. The topological polar surface area (TPSA) is 79.4 Å². The third kappa shape index (κ3) is 3.43. The first-order valence-electron chi connectivity index (χ1n) is 8.01. The highest BCUT2D eigenvalue weighted by atomic mass is 35.5. The van der Waals surface area contributed by atoms with Crippen molar-refractivity contribution in [2.24, 2.45) is 0 Å². The molecule has 0 saturated heterocycles. The van der Waals surface area contributed by atoms with Crippen molar-refractivity contribution in [2.45, 2.75) is 6.54 Å². The summed E-state index contributed by atoms with van der Waals surface area (Å²) in [6.45, 7) is 0.428. The van der Waals surface area contributed by atoms with Gasteiger partial charge in [0.05, 0.1) is 24.5 Å². The molecule has 6 nitrogen and oxygen atoms in total. The van der Waals surface area contributed by atoms with Crippen LogP contribution < -0.4 is 5.32 Å². The number of benzene rings is 2. The molecule has 4 rings (SSSR count). The number of nitriles is 1. The molecule has 0 aromatic heterocycles. The predicted molar refractivity (Wildman–Crippen MR) is 104 cm³/mol. The Balaban J connectivity index is 1.67. The van der Waals surface area contributed by atoms with Crippen LogP contribution in [-0.2, 0) is 6.54 Å². The van der Waals surface area contributed by atoms with Gasteiger partial charge in [-0.2, -0.15) is 5.26 Å². The lowest BCUT2D eigenvalue weighted by Gasteiger charge is -2.15. The van der Waals surface area contributed by atoms with E-state index >= 15 is 0 Å². The summed E-state index contributed by atoms with van der Waals surface area (Å²) in [5.74, 6) is 1.24. The first kappa shape index (κ1) is 17.3. The van der Waals surface area contributed by atoms with Crippen LogP contribution in [0.4, 0.5) is 11.5 Å². The molecule has 2 aromatic rings. The van der Waals surface area contributed by atoms with Crippen molar-refractivity contribution >= 4 is 34.7 Å². The van der Waals surface area contributed by atoms with Gasteiger partial charge in [-0.1, -0.05) is 29.3 Å². The average molecular weight is 395 g/mol. The number of aromatic nitrogens is 4. The van der Waals surface area contributed by atoms with Crippen LogP contribution >= 0.6 is 23.2 Å². The quantitative estimate of drug-likeness (QED) is 0.540. The highest BCUT2D eigenvalue weighted by Gasteiger charge is 2.18. The molecule has 0 aliphatic carbocycles.